The van der Waals surface area contributed by atoms with Gasteiger partial charge in [0.05, 0.1) is 23.0 Å². The van der Waals surface area contributed by atoms with Crippen LogP contribution in [0.5, 0.6) is 0 Å². The number of hydrogen-bond acceptors (Lipinski definition) is 4. The molecule has 0 radical (unpaired) electrons. The third kappa shape index (κ3) is 5.29. The van der Waals surface area contributed by atoms with Gasteiger partial charge in [0.2, 0.25) is 5.91 Å². The lowest BCUT2D eigenvalue weighted by molar-refractivity contribution is -0.143. The molecule has 2 rings (SSSR count). The van der Waals surface area contributed by atoms with Gasteiger partial charge in [-0.25, -0.2) is 8.42 Å². The van der Waals surface area contributed by atoms with Crippen molar-refractivity contribution in [3.63, 3.8) is 0 Å². The van der Waals surface area contributed by atoms with Gasteiger partial charge in [0, 0.05) is 6.04 Å². The average molecular weight is 367 g/mol. The Labute approximate surface area is 148 Å². The highest BCUT2D eigenvalue weighted by atomic mass is 32.2. The van der Waals surface area contributed by atoms with E-state index in [-0.39, 0.29) is 29.0 Å². The van der Waals surface area contributed by atoms with Crippen molar-refractivity contribution < 1.29 is 23.1 Å². The van der Waals surface area contributed by atoms with E-state index in [1.165, 1.54) is 12.1 Å². The molecule has 0 heterocycles. The SMILES string of the molecule is CCS(=O)(=O)c1ccc(CC(=O)N[C@H]2CCCCC[C@H]2C(=O)O)cc1. The monoisotopic (exact) mass is 367 g/mol. The largest absolute Gasteiger partial charge is 0.481 e. The summed E-state index contributed by atoms with van der Waals surface area (Å²) in [7, 11) is -3.25. The first-order valence-corrected chi connectivity index (χ1v) is 10.3. The molecule has 1 amide bonds. The van der Waals surface area contributed by atoms with Crippen LogP contribution in [0, 0.1) is 5.92 Å². The van der Waals surface area contributed by atoms with Crippen LogP contribution < -0.4 is 5.32 Å². The molecule has 0 spiro atoms. The zero-order chi connectivity index (χ0) is 18.4. The molecule has 0 unspecified atom stereocenters. The van der Waals surface area contributed by atoms with Crippen LogP contribution in [0.3, 0.4) is 0 Å². The quantitative estimate of drug-likeness (QED) is 0.751. The molecule has 2 N–H and O–H groups in total. The van der Waals surface area contributed by atoms with Crippen molar-refractivity contribution in [2.75, 3.05) is 5.75 Å². The van der Waals surface area contributed by atoms with Crippen LogP contribution in [0.2, 0.25) is 0 Å². The van der Waals surface area contributed by atoms with Gasteiger partial charge in [0.25, 0.3) is 0 Å². The summed E-state index contributed by atoms with van der Waals surface area (Å²) in [6.45, 7) is 1.59. The molecule has 1 saturated carbocycles. The number of hydrogen-bond donors (Lipinski definition) is 2. The van der Waals surface area contributed by atoms with Gasteiger partial charge in [-0.3, -0.25) is 9.59 Å². The minimum absolute atomic E-state index is 0.0328. The summed E-state index contributed by atoms with van der Waals surface area (Å²) >= 11 is 0. The van der Waals surface area contributed by atoms with Crippen molar-refractivity contribution in [2.24, 2.45) is 5.92 Å². The van der Waals surface area contributed by atoms with E-state index in [4.69, 9.17) is 0 Å². The van der Waals surface area contributed by atoms with Gasteiger partial charge in [0.15, 0.2) is 9.84 Å². The van der Waals surface area contributed by atoms with Gasteiger partial charge >= 0.3 is 5.97 Å². The van der Waals surface area contributed by atoms with E-state index in [2.05, 4.69) is 5.32 Å². The summed E-state index contributed by atoms with van der Waals surface area (Å²) in [4.78, 5) is 23.9. The van der Waals surface area contributed by atoms with E-state index < -0.39 is 21.7 Å². The third-order valence-electron chi connectivity index (χ3n) is 4.71. The van der Waals surface area contributed by atoms with Gasteiger partial charge in [-0.1, -0.05) is 38.3 Å². The molecule has 25 heavy (non-hydrogen) atoms. The van der Waals surface area contributed by atoms with Gasteiger partial charge in [-0.05, 0) is 30.5 Å². The van der Waals surface area contributed by atoms with Crippen molar-refractivity contribution >= 4 is 21.7 Å². The smallest absolute Gasteiger partial charge is 0.308 e. The number of carboxylic acid groups (broad SMARTS) is 1. The Bertz CT molecular complexity index is 711. The minimum Gasteiger partial charge on any atom is -0.481 e. The topological polar surface area (TPSA) is 101 Å². The van der Waals surface area contributed by atoms with Crippen LogP contribution in [0.25, 0.3) is 0 Å². The molecule has 2 atom stereocenters. The first-order valence-electron chi connectivity index (χ1n) is 8.67. The van der Waals surface area contributed by atoms with Crippen LogP contribution in [-0.2, 0) is 25.8 Å². The Hall–Kier alpha value is -1.89. The van der Waals surface area contributed by atoms with Crippen molar-refractivity contribution in [2.45, 2.75) is 56.4 Å². The highest BCUT2D eigenvalue weighted by Gasteiger charge is 2.30. The first-order chi connectivity index (χ1) is 11.8. The summed E-state index contributed by atoms with van der Waals surface area (Å²) in [5.74, 6) is -1.60. The normalized spacial score (nSPS) is 21.3. The van der Waals surface area contributed by atoms with Crippen LogP contribution in [0.1, 0.15) is 44.6 Å². The standard InChI is InChI=1S/C18H25NO5S/c1-2-25(23,24)14-10-8-13(9-11-14)12-17(20)19-16-7-5-3-4-6-15(16)18(21)22/h8-11,15-16H,2-7,12H2,1H3,(H,19,20)(H,21,22)/t15-,16+/m1/s1. The second-order valence-corrected chi connectivity index (χ2v) is 8.76. The van der Waals surface area contributed by atoms with E-state index in [0.29, 0.717) is 18.4 Å². The Morgan fingerprint density at radius 2 is 1.76 bits per heavy atom. The second kappa shape index (κ2) is 8.47. The average Bonchev–Trinajstić information content (AvgIpc) is 2.80. The van der Waals surface area contributed by atoms with Crippen LogP contribution >= 0.6 is 0 Å². The van der Waals surface area contributed by atoms with Crippen molar-refractivity contribution in [1.29, 1.82) is 0 Å². The molecule has 0 saturated heterocycles. The molecule has 1 aliphatic carbocycles. The zero-order valence-electron chi connectivity index (χ0n) is 14.4. The molecular weight excluding hydrogens is 342 g/mol. The highest BCUT2D eigenvalue weighted by molar-refractivity contribution is 7.91. The van der Waals surface area contributed by atoms with E-state index >= 15 is 0 Å². The van der Waals surface area contributed by atoms with Gasteiger partial charge < -0.3 is 10.4 Å². The summed E-state index contributed by atoms with van der Waals surface area (Å²) in [6, 6.07) is 5.93. The summed E-state index contributed by atoms with van der Waals surface area (Å²) < 4.78 is 23.6. The number of nitrogens with one attached hydrogen (secondary N) is 1. The van der Waals surface area contributed by atoms with Gasteiger partial charge in [-0.15, -0.1) is 0 Å². The summed E-state index contributed by atoms with van der Waals surface area (Å²) in [5.41, 5.74) is 0.702. The number of amides is 1. The first kappa shape index (κ1) is 19.4. The maximum Gasteiger partial charge on any atom is 0.308 e. The molecule has 7 heteroatoms. The molecule has 1 aromatic carbocycles. The predicted molar refractivity (Wildman–Crippen MR) is 94.0 cm³/mol. The van der Waals surface area contributed by atoms with E-state index in [9.17, 15) is 23.1 Å². The maximum absolute atomic E-state index is 12.3. The van der Waals surface area contributed by atoms with Gasteiger partial charge in [0.1, 0.15) is 0 Å². The fraction of sp³-hybridized carbons (Fsp3) is 0.556. The predicted octanol–water partition coefficient (Wildman–Crippen LogP) is 2.17. The fourth-order valence-electron chi connectivity index (χ4n) is 3.20. The van der Waals surface area contributed by atoms with E-state index in [1.54, 1.807) is 19.1 Å². The molecular formula is C18H25NO5S. The third-order valence-corrected chi connectivity index (χ3v) is 6.46. The molecule has 1 fully saturated rings. The molecule has 6 nitrogen and oxygen atoms in total. The number of rotatable bonds is 6. The molecule has 138 valence electrons. The Balaban J connectivity index is 2.00. The van der Waals surface area contributed by atoms with Crippen molar-refractivity contribution in [3.8, 4) is 0 Å². The molecule has 0 aromatic heterocycles. The number of aliphatic carboxylic acids is 1. The lowest BCUT2D eigenvalue weighted by Crippen LogP contribution is -2.43. The molecule has 1 aromatic rings. The maximum atomic E-state index is 12.3. The van der Waals surface area contributed by atoms with Crippen molar-refractivity contribution in [1.82, 2.24) is 5.32 Å². The van der Waals surface area contributed by atoms with E-state index in [1.807, 2.05) is 0 Å². The summed E-state index contributed by atoms with van der Waals surface area (Å²) in [5, 5.41) is 12.2. The summed E-state index contributed by atoms with van der Waals surface area (Å²) in [6.07, 6.45) is 4.15. The van der Waals surface area contributed by atoms with Crippen LogP contribution in [0.4, 0.5) is 0 Å². The van der Waals surface area contributed by atoms with E-state index in [0.717, 1.165) is 19.3 Å². The number of carboxylic acids is 1. The Morgan fingerprint density at radius 3 is 2.36 bits per heavy atom. The lowest BCUT2D eigenvalue weighted by atomic mass is 9.94. The fourth-order valence-corrected chi connectivity index (χ4v) is 4.08. The van der Waals surface area contributed by atoms with Crippen LogP contribution in [-0.4, -0.2) is 37.2 Å². The number of carbonyl (C=O) groups excluding carboxylic acids is 1. The van der Waals surface area contributed by atoms with Crippen molar-refractivity contribution in [3.05, 3.63) is 29.8 Å². The minimum atomic E-state index is -3.25. The Morgan fingerprint density at radius 1 is 1.12 bits per heavy atom. The molecule has 1 aliphatic rings. The number of sulfone groups is 1. The highest BCUT2D eigenvalue weighted by Crippen LogP contribution is 2.24. The lowest BCUT2D eigenvalue weighted by Gasteiger charge is -2.22. The van der Waals surface area contributed by atoms with Crippen LogP contribution in [0.15, 0.2) is 29.2 Å². The van der Waals surface area contributed by atoms with Gasteiger partial charge in [-0.2, -0.15) is 0 Å². The number of carbonyl (C=O) groups is 2. The number of benzene rings is 1. The second-order valence-electron chi connectivity index (χ2n) is 6.48. The zero-order valence-corrected chi connectivity index (χ0v) is 15.2. The Kier molecular flexibility index (Phi) is 6.58. The molecule has 0 bridgehead atoms. The molecule has 0 aliphatic heterocycles.